The SMILES string of the molecule is C=NCC1CCN(c2nccnc2Oc2ccc(C(=O)c3nc4ccccc4[nH]3)cc2)C1. The summed E-state index contributed by atoms with van der Waals surface area (Å²) in [6, 6.07) is 14.5. The van der Waals surface area contributed by atoms with Gasteiger partial charge in [-0.2, -0.15) is 0 Å². The lowest BCUT2D eigenvalue weighted by Crippen LogP contribution is -2.22. The molecular weight excluding hydrogens is 404 g/mol. The molecule has 5 rings (SSSR count). The maximum absolute atomic E-state index is 12.8. The van der Waals surface area contributed by atoms with Crippen molar-refractivity contribution in [2.24, 2.45) is 10.9 Å². The summed E-state index contributed by atoms with van der Waals surface area (Å²) in [7, 11) is 0. The summed E-state index contributed by atoms with van der Waals surface area (Å²) in [5, 5.41) is 0. The van der Waals surface area contributed by atoms with E-state index < -0.39 is 0 Å². The van der Waals surface area contributed by atoms with Crippen molar-refractivity contribution in [3.05, 3.63) is 72.3 Å². The number of H-pyrrole nitrogens is 1. The number of para-hydroxylation sites is 2. The number of fused-ring (bicyclic) bond motifs is 1. The number of ketones is 1. The Morgan fingerprint density at radius 2 is 1.97 bits per heavy atom. The summed E-state index contributed by atoms with van der Waals surface area (Å²) in [5.74, 6) is 2.33. The van der Waals surface area contributed by atoms with Crippen LogP contribution < -0.4 is 9.64 Å². The topological polar surface area (TPSA) is 96.4 Å². The van der Waals surface area contributed by atoms with E-state index in [-0.39, 0.29) is 5.78 Å². The highest BCUT2D eigenvalue weighted by molar-refractivity contribution is 6.08. The third-order valence-corrected chi connectivity index (χ3v) is 5.55. The summed E-state index contributed by atoms with van der Waals surface area (Å²) in [5.41, 5.74) is 2.12. The predicted molar refractivity (Wildman–Crippen MR) is 123 cm³/mol. The van der Waals surface area contributed by atoms with Crippen molar-refractivity contribution in [1.29, 1.82) is 0 Å². The van der Waals surface area contributed by atoms with E-state index in [0.29, 0.717) is 34.8 Å². The second-order valence-corrected chi connectivity index (χ2v) is 7.75. The Hall–Kier alpha value is -4.07. The summed E-state index contributed by atoms with van der Waals surface area (Å²) in [6.07, 6.45) is 4.31. The van der Waals surface area contributed by atoms with Gasteiger partial charge in [0.1, 0.15) is 5.75 Å². The van der Waals surface area contributed by atoms with Gasteiger partial charge in [-0.25, -0.2) is 15.0 Å². The van der Waals surface area contributed by atoms with E-state index in [1.807, 2.05) is 24.3 Å². The van der Waals surface area contributed by atoms with Gasteiger partial charge in [-0.05, 0) is 55.5 Å². The first kappa shape index (κ1) is 19.9. The lowest BCUT2D eigenvalue weighted by Gasteiger charge is -2.19. The molecule has 1 N–H and O–H groups in total. The molecule has 1 unspecified atom stereocenters. The second-order valence-electron chi connectivity index (χ2n) is 7.75. The van der Waals surface area contributed by atoms with Crippen LogP contribution in [0.15, 0.2) is 65.9 Å². The van der Waals surface area contributed by atoms with Crippen molar-refractivity contribution < 1.29 is 9.53 Å². The first-order valence-electron chi connectivity index (χ1n) is 10.5. The van der Waals surface area contributed by atoms with E-state index in [9.17, 15) is 4.79 Å². The molecule has 3 heterocycles. The fourth-order valence-corrected chi connectivity index (χ4v) is 3.95. The van der Waals surface area contributed by atoms with Crippen molar-refractivity contribution in [3.8, 4) is 11.6 Å². The smallest absolute Gasteiger partial charge is 0.263 e. The van der Waals surface area contributed by atoms with Crippen LogP contribution >= 0.6 is 0 Å². The third-order valence-electron chi connectivity index (χ3n) is 5.55. The quantitative estimate of drug-likeness (QED) is 0.356. The number of nitrogens with zero attached hydrogens (tertiary/aromatic N) is 5. The van der Waals surface area contributed by atoms with E-state index in [1.54, 1.807) is 36.7 Å². The Kier molecular flexibility index (Phi) is 5.33. The van der Waals surface area contributed by atoms with Crippen molar-refractivity contribution in [1.82, 2.24) is 19.9 Å². The number of hydrogen-bond donors (Lipinski definition) is 1. The Balaban J connectivity index is 1.32. The fourth-order valence-electron chi connectivity index (χ4n) is 3.95. The van der Waals surface area contributed by atoms with E-state index in [2.05, 4.69) is 36.5 Å². The number of ether oxygens (including phenoxy) is 1. The van der Waals surface area contributed by atoms with Gasteiger partial charge in [-0.1, -0.05) is 12.1 Å². The lowest BCUT2D eigenvalue weighted by atomic mass is 10.1. The molecule has 1 atom stereocenters. The third kappa shape index (κ3) is 3.94. The molecule has 8 nitrogen and oxygen atoms in total. The van der Waals surface area contributed by atoms with Gasteiger partial charge in [-0.3, -0.25) is 4.79 Å². The first-order valence-corrected chi connectivity index (χ1v) is 10.5. The zero-order chi connectivity index (χ0) is 21.9. The average molecular weight is 426 g/mol. The van der Waals surface area contributed by atoms with Crippen molar-refractivity contribution in [2.45, 2.75) is 6.42 Å². The predicted octanol–water partition coefficient (Wildman–Crippen LogP) is 3.90. The minimum absolute atomic E-state index is 0.174. The van der Waals surface area contributed by atoms with Crippen LogP contribution in [0.3, 0.4) is 0 Å². The molecule has 0 spiro atoms. The summed E-state index contributed by atoms with van der Waals surface area (Å²) in [6.45, 7) is 6.06. The Morgan fingerprint density at radius 3 is 2.78 bits per heavy atom. The van der Waals surface area contributed by atoms with Crippen LogP contribution in [0, 0.1) is 5.92 Å². The number of hydrogen-bond acceptors (Lipinski definition) is 7. The molecule has 2 aromatic heterocycles. The number of benzene rings is 2. The average Bonchev–Trinajstić information content (AvgIpc) is 3.47. The zero-order valence-electron chi connectivity index (χ0n) is 17.4. The first-order chi connectivity index (χ1) is 15.7. The van der Waals surface area contributed by atoms with Gasteiger partial charge in [0.25, 0.3) is 5.88 Å². The van der Waals surface area contributed by atoms with Crippen LogP contribution in [-0.4, -0.2) is 52.1 Å². The van der Waals surface area contributed by atoms with Crippen molar-refractivity contribution in [2.75, 3.05) is 24.5 Å². The second kappa shape index (κ2) is 8.58. The standard InChI is InChI=1S/C24H22N6O2/c1-25-14-16-10-13-30(15-16)23-24(27-12-11-26-23)32-18-8-6-17(7-9-18)21(31)22-28-19-4-2-3-5-20(19)29-22/h2-9,11-12,16H,1,10,13-15H2,(H,28,29). The number of aliphatic imine (C=N–C) groups is 1. The molecule has 1 aliphatic rings. The minimum Gasteiger partial charge on any atom is -0.436 e. The maximum atomic E-state index is 12.8. The maximum Gasteiger partial charge on any atom is 0.263 e. The number of carbonyl (C=O) groups is 1. The van der Waals surface area contributed by atoms with E-state index in [1.165, 1.54) is 0 Å². The monoisotopic (exact) mass is 426 g/mol. The summed E-state index contributed by atoms with van der Waals surface area (Å²) < 4.78 is 6.02. The number of aromatic amines is 1. The van der Waals surface area contributed by atoms with Gasteiger partial charge in [0.2, 0.25) is 5.78 Å². The molecule has 2 aromatic carbocycles. The van der Waals surface area contributed by atoms with Gasteiger partial charge in [0.05, 0.1) is 11.0 Å². The van der Waals surface area contributed by atoms with Gasteiger partial charge in [0, 0.05) is 37.6 Å². The highest BCUT2D eigenvalue weighted by atomic mass is 16.5. The van der Waals surface area contributed by atoms with Gasteiger partial charge >= 0.3 is 0 Å². The van der Waals surface area contributed by atoms with Crippen LogP contribution in [0.2, 0.25) is 0 Å². The highest BCUT2D eigenvalue weighted by Gasteiger charge is 2.26. The summed E-state index contributed by atoms with van der Waals surface area (Å²) in [4.78, 5) is 35.3. The van der Waals surface area contributed by atoms with Crippen LogP contribution in [0.4, 0.5) is 5.82 Å². The fraction of sp³-hybridized carbons (Fsp3) is 0.208. The molecule has 160 valence electrons. The minimum atomic E-state index is -0.174. The number of nitrogens with one attached hydrogen (secondary N) is 1. The zero-order valence-corrected chi connectivity index (χ0v) is 17.4. The van der Waals surface area contributed by atoms with Crippen LogP contribution in [0.5, 0.6) is 11.6 Å². The van der Waals surface area contributed by atoms with Crippen LogP contribution in [-0.2, 0) is 0 Å². The number of aromatic nitrogens is 4. The molecular formula is C24H22N6O2. The molecule has 4 aromatic rings. The molecule has 8 heteroatoms. The van der Waals surface area contributed by atoms with Gasteiger partial charge in [0.15, 0.2) is 11.6 Å². The lowest BCUT2D eigenvalue weighted by molar-refractivity contribution is 0.103. The number of carbonyl (C=O) groups excluding carboxylic acids is 1. The van der Waals surface area contributed by atoms with E-state index in [4.69, 9.17) is 4.74 Å². The Morgan fingerprint density at radius 1 is 1.16 bits per heavy atom. The molecule has 1 saturated heterocycles. The molecule has 0 radical (unpaired) electrons. The molecule has 1 fully saturated rings. The Bertz CT molecular complexity index is 1230. The van der Waals surface area contributed by atoms with Crippen LogP contribution in [0.25, 0.3) is 11.0 Å². The molecule has 0 amide bonds. The summed E-state index contributed by atoms with van der Waals surface area (Å²) >= 11 is 0. The van der Waals surface area contributed by atoms with Gasteiger partial charge < -0.3 is 19.6 Å². The molecule has 1 aliphatic heterocycles. The molecule has 0 bridgehead atoms. The largest absolute Gasteiger partial charge is 0.436 e. The molecule has 0 aliphatic carbocycles. The number of imidazole rings is 1. The van der Waals surface area contributed by atoms with Crippen molar-refractivity contribution >= 4 is 29.4 Å². The normalized spacial score (nSPS) is 15.8. The highest BCUT2D eigenvalue weighted by Crippen LogP contribution is 2.31. The Labute approximate surface area is 185 Å². The number of rotatable bonds is 7. The number of anilines is 1. The van der Waals surface area contributed by atoms with E-state index in [0.717, 1.165) is 37.1 Å². The van der Waals surface area contributed by atoms with Gasteiger partial charge in [-0.15, -0.1) is 0 Å². The molecule has 32 heavy (non-hydrogen) atoms. The van der Waals surface area contributed by atoms with Crippen LogP contribution in [0.1, 0.15) is 22.6 Å². The van der Waals surface area contributed by atoms with E-state index >= 15 is 0 Å². The van der Waals surface area contributed by atoms with Crippen molar-refractivity contribution in [3.63, 3.8) is 0 Å². The molecule has 0 saturated carbocycles.